The molecule has 0 aromatic rings. The predicted octanol–water partition coefficient (Wildman–Crippen LogP) is 3.06. The first kappa shape index (κ1) is 16.7. The van der Waals surface area contributed by atoms with E-state index in [1.54, 1.807) is 0 Å². The number of carbonyl (C=O) groups is 2. The van der Waals surface area contributed by atoms with Crippen molar-refractivity contribution in [1.29, 1.82) is 0 Å². The number of rotatable bonds is 6. The molecule has 2 rings (SSSR count). The largest absolute Gasteiger partial charge is 0.481 e. The molecule has 1 saturated carbocycles. The van der Waals surface area contributed by atoms with E-state index in [4.69, 9.17) is 5.11 Å². The molecule has 0 bridgehead atoms. The number of carboxylic acid groups (broad SMARTS) is 1. The summed E-state index contributed by atoms with van der Waals surface area (Å²) in [5.74, 6) is 2.29. The minimum Gasteiger partial charge on any atom is -0.481 e. The van der Waals surface area contributed by atoms with Gasteiger partial charge in [-0.3, -0.25) is 9.59 Å². The molecule has 4 nitrogen and oxygen atoms in total. The van der Waals surface area contributed by atoms with Crippen molar-refractivity contribution >= 4 is 23.6 Å². The Morgan fingerprint density at radius 2 is 1.76 bits per heavy atom. The Morgan fingerprint density at radius 1 is 1.10 bits per heavy atom. The average molecular weight is 313 g/mol. The molecule has 21 heavy (non-hydrogen) atoms. The summed E-state index contributed by atoms with van der Waals surface area (Å²) in [5, 5.41) is 12.2. The Bertz CT molecular complexity index is 361. The maximum absolute atomic E-state index is 12.2. The lowest BCUT2D eigenvalue weighted by atomic mass is 9.69. The molecule has 0 radical (unpaired) electrons. The zero-order chi connectivity index (χ0) is 15.1. The standard InChI is InChI=1S/C16H27NO3S/c18-14(17-12-13-4-8-21-9-5-13)10-16(11-15(19)20)6-2-1-3-7-16/h13H,1-12H2,(H,17,18)(H,19,20). The zero-order valence-electron chi connectivity index (χ0n) is 12.7. The number of amides is 1. The highest BCUT2D eigenvalue weighted by Gasteiger charge is 2.36. The van der Waals surface area contributed by atoms with E-state index in [0.29, 0.717) is 12.3 Å². The van der Waals surface area contributed by atoms with E-state index in [1.165, 1.54) is 30.8 Å². The lowest BCUT2D eigenvalue weighted by Gasteiger charge is -2.35. The molecule has 0 aromatic carbocycles. The van der Waals surface area contributed by atoms with Gasteiger partial charge >= 0.3 is 5.97 Å². The zero-order valence-corrected chi connectivity index (χ0v) is 13.6. The Labute approximate surface area is 131 Å². The van der Waals surface area contributed by atoms with Gasteiger partial charge in [0.1, 0.15) is 0 Å². The molecule has 0 aromatic heterocycles. The Kier molecular flexibility index (Phi) is 6.40. The summed E-state index contributed by atoms with van der Waals surface area (Å²) < 4.78 is 0. The molecule has 2 aliphatic rings. The lowest BCUT2D eigenvalue weighted by Crippen LogP contribution is -2.37. The van der Waals surface area contributed by atoms with E-state index < -0.39 is 5.97 Å². The molecule has 0 spiro atoms. The van der Waals surface area contributed by atoms with Crippen LogP contribution < -0.4 is 5.32 Å². The highest BCUT2D eigenvalue weighted by molar-refractivity contribution is 7.99. The molecule has 5 heteroatoms. The first-order chi connectivity index (χ1) is 10.1. The van der Waals surface area contributed by atoms with Crippen LogP contribution in [0.5, 0.6) is 0 Å². The summed E-state index contributed by atoms with van der Waals surface area (Å²) in [4.78, 5) is 23.4. The number of carbonyl (C=O) groups excluding carboxylic acids is 1. The van der Waals surface area contributed by atoms with Crippen LogP contribution in [-0.4, -0.2) is 35.0 Å². The molecule has 1 amide bonds. The van der Waals surface area contributed by atoms with Crippen LogP contribution >= 0.6 is 11.8 Å². The van der Waals surface area contributed by atoms with Gasteiger partial charge in [-0.15, -0.1) is 0 Å². The second kappa shape index (κ2) is 8.06. The molecule has 2 fully saturated rings. The van der Waals surface area contributed by atoms with Crippen molar-refractivity contribution in [3.8, 4) is 0 Å². The Balaban J connectivity index is 1.81. The number of nitrogens with one attached hydrogen (secondary N) is 1. The van der Waals surface area contributed by atoms with Crippen LogP contribution in [0.2, 0.25) is 0 Å². The first-order valence-electron chi connectivity index (χ1n) is 8.16. The van der Waals surface area contributed by atoms with Gasteiger partial charge in [0.25, 0.3) is 0 Å². The van der Waals surface area contributed by atoms with Crippen molar-refractivity contribution in [3.63, 3.8) is 0 Å². The minimum atomic E-state index is -0.769. The minimum absolute atomic E-state index is 0.0522. The summed E-state index contributed by atoms with van der Waals surface area (Å²) >= 11 is 1.99. The third-order valence-electron chi connectivity index (χ3n) is 4.90. The van der Waals surface area contributed by atoms with Gasteiger partial charge in [0.15, 0.2) is 0 Å². The fourth-order valence-electron chi connectivity index (χ4n) is 3.65. The van der Waals surface area contributed by atoms with Crippen LogP contribution in [-0.2, 0) is 9.59 Å². The van der Waals surface area contributed by atoms with Crippen molar-refractivity contribution in [3.05, 3.63) is 0 Å². The van der Waals surface area contributed by atoms with E-state index in [-0.39, 0.29) is 17.7 Å². The molecular formula is C16H27NO3S. The predicted molar refractivity (Wildman–Crippen MR) is 85.4 cm³/mol. The van der Waals surface area contributed by atoms with E-state index >= 15 is 0 Å². The quantitative estimate of drug-likeness (QED) is 0.791. The molecule has 120 valence electrons. The van der Waals surface area contributed by atoms with Gasteiger partial charge in [-0.2, -0.15) is 11.8 Å². The van der Waals surface area contributed by atoms with Crippen LogP contribution in [0.4, 0.5) is 0 Å². The van der Waals surface area contributed by atoms with Gasteiger partial charge in [-0.25, -0.2) is 0 Å². The summed E-state index contributed by atoms with van der Waals surface area (Å²) in [6.07, 6.45) is 7.95. The topological polar surface area (TPSA) is 66.4 Å². The SMILES string of the molecule is O=C(O)CC1(CC(=O)NCC2CCSCC2)CCCCC1. The van der Waals surface area contributed by atoms with E-state index in [0.717, 1.165) is 32.2 Å². The fraction of sp³-hybridized carbons (Fsp3) is 0.875. The molecule has 1 heterocycles. The molecule has 0 unspecified atom stereocenters. The van der Waals surface area contributed by atoms with Crippen molar-refractivity contribution < 1.29 is 14.7 Å². The van der Waals surface area contributed by atoms with Gasteiger partial charge < -0.3 is 10.4 Å². The number of aliphatic carboxylic acids is 1. The van der Waals surface area contributed by atoms with Gasteiger partial charge in [0.05, 0.1) is 6.42 Å². The monoisotopic (exact) mass is 313 g/mol. The molecule has 1 aliphatic carbocycles. The average Bonchev–Trinajstić information content (AvgIpc) is 2.46. The van der Waals surface area contributed by atoms with Gasteiger partial charge in [-0.1, -0.05) is 19.3 Å². The summed E-state index contributed by atoms with van der Waals surface area (Å²) in [7, 11) is 0. The first-order valence-corrected chi connectivity index (χ1v) is 9.31. The van der Waals surface area contributed by atoms with Crippen molar-refractivity contribution in [2.45, 2.75) is 57.8 Å². The molecular weight excluding hydrogens is 286 g/mol. The smallest absolute Gasteiger partial charge is 0.303 e. The molecule has 2 N–H and O–H groups in total. The fourth-order valence-corrected chi connectivity index (χ4v) is 4.85. The Hall–Kier alpha value is -0.710. The maximum atomic E-state index is 12.2. The summed E-state index contributed by atoms with van der Waals surface area (Å²) in [5.41, 5.74) is -0.295. The van der Waals surface area contributed by atoms with Gasteiger partial charge in [0, 0.05) is 13.0 Å². The van der Waals surface area contributed by atoms with E-state index in [9.17, 15) is 9.59 Å². The van der Waals surface area contributed by atoms with Gasteiger partial charge in [0.2, 0.25) is 5.91 Å². The van der Waals surface area contributed by atoms with Crippen molar-refractivity contribution in [1.82, 2.24) is 5.32 Å². The number of hydrogen-bond donors (Lipinski definition) is 2. The second-order valence-electron chi connectivity index (χ2n) is 6.67. The molecule has 1 saturated heterocycles. The normalized spacial score (nSPS) is 22.7. The number of hydrogen-bond acceptors (Lipinski definition) is 3. The number of carboxylic acids is 1. The van der Waals surface area contributed by atoms with Crippen LogP contribution in [0, 0.1) is 11.3 Å². The van der Waals surface area contributed by atoms with Crippen LogP contribution in [0.3, 0.4) is 0 Å². The second-order valence-corrected chi connectivity index (χ2v) is 7.89. The molecule has 0 atom stereocenters. The van der Waals surface area contributed by atoms with E-state index in [1.807, 2.05) is 11.8 Å². The Morgan fingerprint density at radius 3 is 2.38 bits per heavy atom. The highest BCUT2D eigenvalue weighted by atomic mass is 32.2. The lowest BCUT2D eigenvalue weighted by molar-refractivity contribution is -0.141. The maximum Gasteiger partial charge on any atom is 0.303 e. The third kappa shape index (κ3) is 5.53. The van der Waals surface area contributed by atoms with Crippen LogP contribution in [0.1, 0.15) is 57.8 Å². The van der Waals surface area contributed by atoms with Crippen LogP contribution in [0.15, 0.2) is 0 Å². The third-order valence-corrected chi connectivity index (χ3v) is 5.95. The summed E-state index contributed by atoms with van der Waals surface area (Å²) in [6, 6.07) is 0. The number of thioether (sulfide) groups is 1. The van der Waals surface area contributed by atoms with E-state index in [2.05, 4.69) is 5.32 Å². The summed E-state index contributed by atoms with van der Waals surface area (Å²) in [6.45, 7) is 0.766. The van der Waals surface area contributed by atoms with Gasteiger partial charge in [-0.05, 0) is 48.5 Å². The van der Waals surface area contributed by atoms with Crippen molar-refractivity contribution in [2.75, 3.05) is 18.1 Å². The van der Waals surface area contributed by atoms with Crippen molar-refractivity contribution in [2.24, 2.45) is 11.3 Å². The highest BCUT2D eigenvalue weighted by Crippen LogP contribution is 2.42. The molecule has 1 aliphatic heterocycles. The van der Waals surface area contributed by atoms with Crippen LogP contribution in [0.25, 0.3) is 0 Å².